The van der Waals surface area contributed by atoms with Gasteiger partial charge in [0.15, 0.2) is 32.9 Å². The predicted molar refractivity (Wildman–Crippen MR) is 107 cm³/mol. The van der Waals surface area contributed by atoms with E-state index in [0.29, 0.717) is 35.2 Å². The van der Waals surface area contributed by atoms with E-state index in [1.165, 1.54) is 26.5 Å². The lowest BCUT2D eigenvalue weighted by molar-refractivity contribution is 0.355. The van der Waals surface area contributed by atoms with E-state index in [1.54, 1.807) is 12.1 Å². The van der Waals surface area contributed by atoms with Crippen LogP contribution in [0.2, 0.25) is 0 Å². The minimum absolute atomic E-state index is 0.210. The van der Waals surface area contributed by atoms with Crippen LogP contribution < -0.4 is 14.2 Å². The molecule has 0 amide bonds. The van der Waals surface area contributed by atoms with Crippen LogP contribution in [0.25, 0.3) is 10.9 Å². The molecule has 6 nitrogen and oxygen atoms in total. The van der Waals surface area contributed by atoms with E-state index in [2.05, 4.69) is 4.98 Å². The first-order valence-corrected chi connectivity index (χ1v) is 10.9. The minimum Gasteiger partial charge on any atom is -0.493 e. The molecule has 0 unspecified atom stereocenters. The van der Waals surface area contributed by atoms with Crippen LogP contribution in [-0.2, 0) is 15.6 Å². The van der Waals surface area contributed by atoms with Crippen LogP contribution in [0.4, 0.5) is 8.78 Å². The Hall–Kier alpha value is -2.94. The first kappa shape index (κ1) is 20.3. The third-order valence-electron chi connectivity index (χ3n) is 4.92. The molecule has 1 aliphatic rings. The van der Waals surface area contributed by atoms with Gasteiger partial charge in [-0.1, -0.05) is 0 Å². The molecule has 0 atom stereocenters. The molecule has 4 rings (SSSR count). The molecule has 0 spiro atoms. The summed E-state index contributed by atoms with van der Waals surface area (Å²) < 4.78 is 69.5. The molecule has 0 saturated heterocycles. The Balaban J connectivity index is 1.69. The topological polar surface area (TPSA) is 74.7 Å². The molecule has 2 aromatic carbocycles. The highest BCUT2D eigenvalue weighted by Crippen LogP contribution is 2.38. The molecular weight excluding hydrogens is 416 g/mol. The van der Waals surface area contributed by atoms with Crippen molar-refractivity contribution in [2.75, 3.05) is 14.2 Å². The van der Waals surface area contributed by atoms with Gasteiger partial charge >= 0.3 is 0 Å². The first-order chi connectivity index (χ1) is 14.3. The molecule has 0 radical (unpaired) electrons. The van der Waals surface area contributed by atoms with E-state index in [1.807, 2.05) is 0 Å². The molecule has 1 fully saturated rings. The lowest BCUT2D eigenvalue weighted by Gasteiger charge is -2.13. The van der Waals surface area contributed by atoms with Crippen molar-refractivity contribution in [2.24, 2.45) is 0 Å². The van der Waals surface area contributed by atoms with Crippen molar-refractivity contribution in [3.8, 4) is 23.0 Å². The number of halogens is 2. The number of hydrogen-bond donors (Lipinski definition) is 0. The van der Waals surface area contributed by atoms with Gasteiger partial charge in [0, 0.05) is 29.3 Å². The number of methoxy groups -OCH3 is 2. The lowest BCUT2D eigenvalue weighted by Crippen LogP contribution is -2.11. The Labute approximate surface area is 172 Å². The number of pyridine rings is 1. The number of aromatic nitrogens is 1. The van der Waals surface area contributed by atoms with Crippen molar-refractivity contribution in [3.63, 3.8) is 0 Å². The summed E-state index contributed by atoms with van der Waals surface area (Å²) >= 11 is 0. The molecule has 3 aromatic rings. The van der Waals surface area contributed by atoms with Gasteiger partial charge < -0.3 is 14.2 Å². The molecule has 1 saturated carbocycles. The van der Waals surface area contributed by atoms with E-state index in [9.17, 15) is 17.2 Å². The van der Waals surface area contributed by atoms with Gasteiger partial charge in [0.1, 0.15) is 11.6 Å². The number of fused-ring (bicyclic) bond motifs is 1. The van der Waals surface area contributed by atoms with E-state index in [0.717, 1.165) is 12.1 Å². The SMILES string of the molecule is COc1cc2nccc(Oc3cc(F)c(CS(=O)(=O)C4CC4)cc3F)c2cc1OC. The molecule has 158 valence electrons. The van der Waals surface area contributed by atoms with Crippen LogP contribution in [0, 0.1) is 11.6 Å². The van der Waals surface area contributed by atoms with Crippen LogP contribution in [0.15, 0.2) is 36.5 Å². The smallest absolute Gasteiger partial charge is 0.166 e. The summed E-state index contributed by atoms with van der Waals surface area (Å²) in [5.74, 6) is -1.46. The van der Waals surface area contributed by atoms with Crippen molar-refractivity contribution in [1.82, 2.24) is 4.98 Å². The number of hydrogen-bond acceptors (Lipinski definition) is 6. The Morgan fingerprint density at radius 1 is 0.967 bits per heavy atom. The molecule has 0 aliphatic heterocycles. The fourth-order valence-electron chi connectivity index (χ4n) is 3.18. The number of nitrogens with zero attached hydrogens (tertiary/aromatic N) is 1. The average Bonchev–Trinajstić information content (AvgIpc) is 3.56. The zero-order valence-electron chi connectivity index (χ0n) is 16.3. The highest BCUT2D eigenvalue weighted by Gasteiger charge is 2.36. The van der Waals surface area contributed by atoms with Gasteiger partial charge in [0.2, 0.25) is 0 Å². The average molecular weight is 435 g/mol. The van der Waals surface area contributed by atoms with E-state index < -0.39 is 32.5 Å². The molecule has 30 heavy (non-hydrogen) atoms. The predicted octanol–water partition coefficient (Wildman–Crippen LogP) is 4.40. The van der Waals surface area contributed by atoms with Gasteiger partial charge in [-0.15, -0.1) is 0 Å². The molecule has 0 bridgehead atoms. The summed E-state index contributed by atoms with van der Waals surface area (Å²) in [4.78, 5) is 4.23. The van der Waals surface area contributed by atoms with Crippen molar-refractivity contribution < 1.29 is 31.4 Å². The number of sulfone groups is 1. The van der Waals surface area contributed by atoms with Crippen molar-refractivity contribution >= 4 is 20.7 Å². The molecule has 0 N–H and O–H groups in total. The summed E-state index contributed by atoms with van der Waals surface area (Å²) in [6.45, 7) is 0. The quantitative estimate of drug-likeness (QED) is 0.548. The normalized spacial score (nSPS) is 14.0. The fourth-order valence-corrected chi connectivity index (χ4v) is 4.92. The zero-order valence-corrected chi connectivity index (χ0v) is 17.1. The molecule has 1 aromatic heterocycles. The van der Waals surface area contributed by atoms with Crippen LogP contribution in [0.3, 0.4) is 0 Å². The van der Waals surface area contributed by atoms with Crippen LogP contribution in [0.1, 0.15) is 18.4 Å². The van der Waals surface area contributed by atoms with E-state index >= 15 is 0 Å². The van der Waals surface area contributed by atoms with Gasteiger partial charge in [-0.25, -0.2) is 17.2 Å². The first-order valence-electron chi connectivity index (χ1n) is 9.20. The maximum Gasteiger partial charge on any atom is 0.166 e. The monoisotopic (exact) mass is 435 g/mol. The summed E-state index contributed by atoms with van der Waals surface area (Å²) in [5.41, 5.74) is 0.302. The summed E-state index contributed by atoms with van der Waals surface area (Å²) in [7, 11) is -0.506. The maximum atomic E-state index is 14.6. The van der Waals surface area contributed by atoms with E-state index in [-0.39, 0.29) is 17.1 Å². The van der Waals surface area contributed by atoms with Gasteiger partial charge in [0.25, 0.3) is 0 Å². The number of rotatable bonds is 7. The molecule has 9 heteroatoms. The second kappa shape index (κ2) is 7.71. The highest BCUT2D eigenvalue weighted by atomic mass is 32.2. The standard InChI is InChI=1S/C21H19F2NO5S/c1-27-20-8-14-17(10-21(20)28-2)24-6-5-18(14)29-19-9-15(22)12(7-16(19)23)11-30(25,26)13-3-4-13/h5-10,13H,3-4,11H2,1-2H3. The maximum absolute atomic E-state index is 14.6. The van der Waals surface area contributed by atoms with Gasteiger partial charge in [-0.3, -0.25) is 4.98 Å². The summed E-state index contributed by atoms with van der Waals surface area (Å²) in [5, 5.41) is 0.0568. The Kier molecular flexibility index (Phi) is 5.23. The lowest BCUT2D eigenvalue weighted by atomic mass is 10.1. The Morgan fingerprint density at radius 2 is 1.67 bits per heavy atom. The third-order valence-corrected chi connectivity index (χ3v) is 7.12. The van der Waals surface area contributed by atoms with Gasteiger partial charge in [-0.05, 0) is 31.0 Å². The summed E-state index contributed by atoms with van der Waals surface area (Å²) in [6, 6.07) is 6.51. The second-order valence-corrected chi connectivity index (χ2v) is 9.30. The minimum atomic E-state index is -3.48. The van der Waals surface area contributed by atoms with Gasteiger partial charge in [-0.2, -0.15) is 0 Å². The van der Waals surface area contributed by atoms with Crippen LogP contribution in [-0.4, -0.2) is 32.9 Å². The second-order valence-electron chi connectivity index (χ2n) is 7.02. The van der Waals surface area contributed by atoms with Crippen LogP contribution >= 0.6 is 0 Å². The number of ether oxygens (including phenoxy) is 3. The zero-order chi connectivity index (χ0) is 21.5. The Bertz CT molecular complexity index is 1230. The van der Waals surface area contributed by atoms with Crippen molar-refractivity contribution in [3.05, 3.63) is 53.7 Å². The number of benzene rings is 2. The van der Waals surface area contributed by atoms with Crippen LogP contribution in [0.5, 0.6) is 23.0 Å². The fraction of sp³-hybridized carbons (Fsp3) is 0.286. The van der Waals surface area contributed by atoms with E-state index in [4.69, 9.17) is 14.2 Å². The Morgan fingerprint density at radius 3 is 2.33 bits per heavy atom. The molecule has 1 heterocycles. The third kappa shape index (κ3) is 3.89. The highest BCUT2D eigenvalue weighted by molar-refractivity contribution is 7.91. The van der Waals surface area contributed by atoms with Crippen molar-refractivity contribution in [1.29, 1.82) is 0 Å². The van der Waals surface area contributed by atoms with Crippen molar-refractivity contribution in [2.45, 2.75) is 23.8 Å². The largest absolute Gasteiger partial charge is 0.493 e. The molecular formula is C21H19F2NO5S. The summed E-state index contributed by atoms with van der Waals surface area (Å²) in [6.07, 6.45) is 2.60. The molecule has 1 aliphatic carbocycles. The van der Waals surface area contributed by atoms with Gasteiger partial charge in [0.05, 0.1) is 30.7 Å².